The fourth-order valence-electron chi connectivity index (χ4n) is 3.17. The molecule has 0 bridgehead atoms. The van der Waals surface area contributed by atoms with Crippen LogP contribution in [0.4, 0.5) is 9.18 Å². The Morgan fingerprint density at radius 1 is 1.00 bits per heavy atom. The van der Waals surface area contributed by atoms with Gasteiger partial charge in [-0.15, -0.1) is 0 Å². The Morgan fingerprint density at radius 2 is 1.71 bits per heavy atom. The molecule has 174 valence electrons. The van der Waals surface area contributed by atoms with E-state index in [1.807, 2.05) is 0 Å². The van der Waals surface area contributed by atoms with Crippen molar-refractivity contribution in [2.24, 2.45) is 0 Å². The van der Waals surface area contributed by atoms with Crippen LogP contribution in [-0.2, 0) is 17.9 Å². The van der Waals surface area contributed by atoms with Gasteiger partial charge in [0.1, 0.15) is 18.2 Å². The molecular weight excluding hydrogens is 632 g/mol. The van der Waals surface area contributed by atoms with Crippen molar-refractivity contribution in [1.82, 2.24) is 4.90 Å². The molecule has 3 aromatic rings. The summed E-state index contributed by atoms with van der Waals surface area (Å²) in [7, 11) is 0. The summed E-state index contributed by atoms with van der Waals surface area (Å²) in [6.07, 6.45) is 1.63. The Balaban J connectivity index is 1.51. The molecule has 1 aliphatic heterocycles. The quantitative estimate of drug-likeness (QED) is 0.252. The molecule has 4 nitrogen and oxygen atoms in total. The number of nitrogens with zero attached hydrogens (tertiary/aromatic N) is 1. The molecular formula is C24H14Br2Cl2FNO3S. The third-order valence-corrected chi connectivity index (χ3v) is 7.67. The van der Waals surface area contributed by atoms with Gasteiger partial charge in [0.25, 0.3) is 11.1 Å². The predicted octanol–water partition coefficient (Wildman–Crippen LogP) is 8.47. The number of imide groups is 1. The van der Waals surface area contributed by atoms with Crippen LogP contribution in [0, 0.1) is 5.82 Å². The van der Waals surface area contributed by atoms with E-state index in [1.165, 1.54) is 6.07 Å². The molecule has 1 aliphatic rings. The van der Waals surface area contributed by atoms with Crippen molar-refractivity contribution in [1.29, 1.82) is 0 Å². The molecule has 0 aromatic heterocycles. The summed E-state index contributed by atoms with van der Waals surface area (Å²) in [4.78, 5) is 26.8. The number of ether oxygens (including phenoxy) is 1. The molecule has 0 spiro atoms. The minimum absolute atomic E-state index is 0.0524. The number of benzene rings is 3. The molecule has 1 heterocycles. The smallest absolute Gasteiger partial charge is 0.293 e. The van der Waals surface area contributed by atoms with E-state index in [0.717, 1.165) is 16.7 Å². The summed E-state index contributed by atoms with van der Waals surface area (Å²) in [5, 5.41) is 0.385. The molecule has 1 fully saturated rings. The van der Waals surface area contributed by atoms with Crippen LogP contribution in [0.3, 0.4) is 0 Å². The fraction of sp³-hybridized carbons (Fsp3) is 0.0833. The van der Waals surface area contributed by atoms with Crippen LogP contribution in [0.2, 0.25) is 10.0 Å². The molecule has 0 N–H and O–H groups in total. The molecule has 34 heavy (non-hydrogen) atoms. The zero-order valence-electron chi connectivity index (χ0n) is 17.2. The number of thioether (sulfide) groups is 1. The summed E-state index contributed by atoms with van der Waals surface area (Å²) < 4.78 is 20.9. The van der Waals surface area contributed by atoms with Gasteiger partial charge < -0.3 is 4.74 Å². The first-order chi connectivity index (χ1) is 16.2. The second-order valence-corrected chi connectivity index (χ2v) is 10.7. The number of amides is 2. The second-order valence-electron chi connectivity index (χ2n) is 7.21. The minimum atomic E-state index is -0.395. The van der Waals surface area contributed by atoms with Crippen LogP contribution >= 0.6 is 66.8 Å². The number of rotatable bonds is 6. The third kappa shape index (κ3) is 5.69. The fourth-order valence-corrected chi connectivity index (χ4v) is 5.78. The summed E-state index contributed by atoms with van der Waals surface area (Å²) in [5.41, 5.74) is 1.80. The first-order valence-corrected chi connectivity index (χ1v) is 12.9. The van der Waals surface area contributed by atoms with Crippen molar-refractivity contribution in [3.63, 3.8) is 0 Å². The molecule has 0 radical (unpaired) electrons. The van der Waals surface area contributed by atoms with Crippen molar-refractivity contribution >= 4 is 84.0 Å². The van der Waals surface area contributed by atoms with Gasteiger partial charge in [-0.25, -0.2) is 4.39 Å². The standard InChI is InChI=1S/C24H14Br2Cl2FNO3S/c25-16-7-14(8-17(26)22(16)33-12-15-3-1-2-4-20(15)29)10-21-23(31)30(24(32)34-21)11-13-5-6-18(27)19(28)9-13/h1-10H,11-12H2/b21-10+. The maximum Gasteiger partial charge on any atom is 0.293 e. The molecule has 2 amide bonds. The van der Waals surface area contributed by atoms with E-state index in [2.05, 4.69) is 31.9 Å². The van der Waals surface area contributed by atoms with E-state index in [4.69, 9.17) is 27.9 Å². The Morgan fingerprint density at radius 3 is 2.38 bits per heavy atom. The van der Waals surface area contributed by atoms with Crippen LogP contribution in [0.5, 0.6) is 5.75 Å². The summed E-state index contributed by atoms with van der Waals surface area (Å²) in [6.45, 7) is 0.145. The van der Waals surface area contributed by atoms with Crippen LogP contribution < -0.4 is 4.74 Å². The summed E-state index contributed by atoms with van der Waals surface area (Å²) in [6, 6.07) is 14.9. The van der Waals surface area contributed by atoms with Gasteiger partial charge in [0, 0.05) is 5.56 Å². The zero-order valence-corrected chi connectivity index (χ0v) is 22.7. The number of carbonyl (C=O) groups is 2. The van der Waals surface area contributed by atoms with Crippen LogP contribution in [0.1, 0.15) is 16.7 Å². The Hall–Kier alpha value is -1.84. The molecule has 4 rings (SSSR count). The number of carbonyl (C=O) groups excluding carboxylic acids is 2. The normalized spacial score (nSPS) is 14.9. The lowest BCUT2D eigenvalue weighted by Crippen LogP contribution is -2.27. The van der Waals surface area contributed by atoms with E-state index < -0.39 is 5.91 Å². The van der Waals surface area contributed by atoms with Crippen molar-refractivity contribution in [3.8, 4) is 5.75 Å². The van der Waals surface area contributed by atoms with E-state index in [9.17, 15) is 14.0 Å². The van der Waals surface area contributed by atoms with Crippen molar-refractivity contribution in [2.45, 2.75) is 13.2 Å². The van der Waals surface area contributed by atoms with Crippen LogP contribution in [0.15, 0.2) is 68.4 Å². The Labute approximate surface area is 226 Å². The van der Waals surface area contributed by atoms with Crippen molar-refractivity contribution in [3.05, 3.63) is 101 Å². The van der Waals surface area contributed by atoms with E-state index in [-0.39, 0.29) is 24.2 Å². The lowest BCUT2D eigenvalue weighted by molar-refractivity contribution is -0.123. The van der Waals surface area contributed by atoms with Crippen molar-refractivity contribution in [2.75, 3.05) is 0 Å². The predicted molar refractivity (Wildman–Crippen MR) is 141 cm³/mol. The highest BCUT2D eigenvalue weighted by Crippen LogP contribution is 2.38. The molecule has 0 aliphatic carbocycles. The van der Waals surface area contributed by atoms with Gasteiger partial charge in [0.2, 0.25) is 0 Å². The number of halogens is 5. The maximum atomic E-state index is 13.9. The van der Waals surface area contributed by atoms with Crippen molar-refractivity contribution < 1.29 is 18.7 Å². The molecule has 0 unspecified atom stereocenters. The highest BCUT2D eigenvalue weighted by atomic mass is 79.9. The Bertz CT molecular complexity index is 1310. The van der Waals surface area contributed by atoms with Gasteiger partial charge >= 0.3 is 0 Å². The molecule has 0 saturated carbocycles. The number of hydrogen-bond donors (Lipinski definition) is 0. The highest BCUT2D eigenvalue weighted by molar-refractivity contribution is 9.11. The lowest BCUT2D eigenvalue weighted by Gasteiger charge is -2.13. The number of hydrogen-bond acceptors (Lipinski definition) is 4. The SMILES string of the molecule is O=C1S/C(=C/c2cc(Br)c(OCc3ccccc3F)c(Br)c2)C(=O)N1Cc1ccc(Cl)c(Cl)c1. The lowest BCUT2D eigenvalue weighted by atomic mass is 10.2. The first kappa shape index (κ1) is 25.3. The van der Waals surface area contributed by atoms with E-state index >= 15 is 0 Å². The van der Waals surface area contributed by atoms with Gasteiger partial charge in [-0.3, -0.25) is 14.5 Å². The molecule has 1 saturated heterocycles. The Kier molecular flexibility index (Phi) is 8.05. The van der Waals surface area contributed by atoms with Gasteiger partial charge in [0.05, 0.1) is 30.4 Å². The summed E-state index contributed by atoms with van der Waals surface area (Å²) in [5.74, 6) is -0.246. The monoisotopic (exact) mass is 643 g/mol. The average Bonchev–Trinajstić information content (AvgIpc) is 3.04. The van der Waals surface area contributed by atoms with Gasteiger partial charge in [-0.05, 0) is 91.2 Å². The maximum absolute atomic E-state index is 13.9. The average molecular weight is 646 g/mol. The second kappa shape index (κ2) is 10.8. The van der Waals surface area contributed by atoms with Crippen LogP contribution in [-0.4, -0.2) is 16.0 Å². The molecule has 0 atom stereocenters. The van der Waals surface area contributed by atoms with Gasteiger partial charge in [-0.1, -0.05) is 47.5 Å². The van der Waals surface area contributed by atoms with Crippen LogP contribution in [0.25, 0.3) is 6.08 Å². The summed E-state index contributed by atoms with van der Waals surface area (Å²) >= 11 is 19.8. The topological polar surface area (TPSA) is 46.6 Å². The zero-order chi connectivity index (χ0) is 24.4. The third-order valence-electron chi connectivity index (χ3n) is 4.85. The van der Waals surface area contributed by atoms with Gasteiger partial charge in [-0.2, -0.15) is 0 Å². The van der Waals surface area contributed by atoms with E-state index in [1.54, 1.807) is 54.6 Å². The largest absolute Gasteiger partial charge is 0.486 e. The highest BCUT2D eigenvalue weighted by Gasteiger charge is 2.35. The minimum Gasteiger partial charge on any atom is -0.486 e. The molecule has 3 aromatic carbocycles. The van der Waals surface area contributed by atoms with E-state index in [0.29, 0.717) is 46.3 Å². The molecule has 10 heteroatoms. The van der Waals surface area contributed by atoms with Gasteiger partial charge in [0.15, 0.2) is 0 Å². The first-order valence-electron chi connectivity index (χ1n) is 9.77.